The van der Waals surface area contributed by atoms with Crippen molar-refractivity contribution >= 4 is 17.7 Å². The van der Waals surface area contributed by atoms with Gasteiger partial charge in [0.1, 0.15) is 5.76 Å². The summed E-state index contributed by atoms with van der Waals surface area (Å²) < 4.78 is 5.31. The van der Waals surface area contributed by atoms with Crippen molar-refractivity contribution in [3.8, 4) is 0 Å². The molecule has 1 N–H and O–H groups in total. The molecule has 2 aromatic rings. The van der Waals surface area contributed by atoms with E-state index in [-0.39, 0.29) is 11.9 Å². The molecular weight excluding hydrogens is 294 g/mol. The normalized spacial score (nSPS) is 12.2. The third-order valence-corrected chi connectivity index (χ3v) is 5.30. The Balaban J connectivity index is 2.00. The summed E-state index contributed by atoms with van der Waals surface area (Å²) in [5.74, 6) is 1.21. The lowest BCUT2D eigenvalue weighted by molar-refractivity contribution is -0.119. The molecule has 0 aliphatic heterocycles. The fourth-order valence-electron chi connectivity index (χ4n) is 2.43. The van der Waals surface area contributed by atoms with Crippen LogP contribution < -0.4 is 5.32 Å². The summed E-state index contributed by atoms with van der Waals surface area (Å²) in [7, 11) is 0. The number of carbonyl (C=O) groups is 1. The van der Waals surface area contributed by atoms with Crippen LogP contribution in [0.2, 0.25) is 0 Å². The maximum absolute atomic E-state index is 12.1. The van der Waals surface area contributed by atoms with Crippen LogP contribution in [0, 0.1) is 27.7 Å². The van der Waals surface area contributed by atoms with E-state index in [2.05, 4.69) is 39.1 Å². The average molecular weight is 317 g/mol. The number of nitrogens with one attached hydrogen (secondary N) is 1. The van der Waals surface area contributed by atoms with Crippen LogP contribution >= 0.6 is 11.8 Å². The van der Waals surface area contributed by atoms with E-state index >= 15 is 0 Å². The van der Waals surface area contributed by atoms with Gasteiger partial charge in [-0.05, 0) is 69.0 Å². The molecule has 1 aromatic heterocycles. The molecule has 1 heterocycles. The lowest BCUT2D eigenvalue weighted by atomic mass is 10.0. The minimum Gasteiger partial charge on any atom is -0.467 e. The Labute approximate surface area is 136 Å². The van der Waals surface area contributed by atoms with E-state index in [9.17, 15) is 4.79 Å². The van der Waals surface area contributed by atoms with Gasteiger partial charge < -0.3 is 9.73 Å². The molecule has 0 spiro atoms. The maximum Gasteiger partial charge on any atom is 0.230 e. The topological polar surface area (TPSA) is 42.2 Å². The minimum absolute atomic E-state index is 0.0202. The fraction of sp³-hybridized carbons (Fsp3) is 0.389. The highest BCUT2D eigenvalue weighted by Gasteiger charge is 2.14. The summed E-state index contributed by atoms with van der Waals surface area (Å²) in [4.78, 5) is 13.4. The summed E-state index contributed by atoms with van der Waals surface area (Å²) in [5.41, 5.74) is 5.07. The molecule has 2 rings (SSSR count). The molecule has 0 saturated heterocycles. The zero-order chi connectivity index (χ0) is 16.3. The monoisotopic (exact) mass is 317 g/mol. The molecule has 3 nitrogen and oxygen atoms in total. The van der Waals surface area contributed by atoms with Crippen LogP contribution in [-0.4, -0.2) is 11.7 Å². The predicted molar refractivity (Wildman–Crippen MR) is 91.4 cm³/mol. The largest absolute Gasteiger partial charge is 0.467 e. The van der Waals surface area contributed by atoms with Crippen LogP contribution in [0.25, 0.3) is 0 Å². The van der Waals surface area contributed by atoms with Gasteiger partial charge in [0.15, 0.2) is 0 Å². The molecule has 0 fully saturated rings. The first-order valence-electron chi connectivity index (χ1n) is 7.43. The van der Waals surface area contributed by atoms with Crippen molar-refractivity contribution in [2.75, 3.05) is 5.75 Å². The lowest BCUT2D eigenvalue weighted by Crippen LogP contribution is -2.28. The van der Waals surface area contributed by atoms with Gasteiger partial charge in [0.2, 0.25) is 5.91 Å². The number of rotatable bonds is 5. The Hall–Kier alpha value is -1.68. The zero-order valence-electron chi connectivity index (χ0n) is 13.8. The molecule has 0 radical (unpaired) electrons. The van der Waals surface area contributed by atoms with Gasteiger partial charge in [-0.2, -0.15) is 0 Å². The van der Waals surface area contributed by atoms with E-state index in [1.165, 1.54) is 27.1 Å². The number of benzene rings is 1. The van der Waals surface area contributed by atoms with Crippen molar-refractivity contribution in [2.45, 2.75) is 45.6 Å². The van der Waals surface area contributed by atoms with Crippen LogP contribution in [0.5, 0.6) is 0 Å². The highest BCUT2D eigenvalue weighted by Crippen LogP contribution is 2.30. The molecule has 0 saturated carbocycles. The number of amides is 1. The molecule has 0 aliphatic rings. The standard InChI is InChI=1S/C18H23NO2S/c1-11-9-12(2)14(4)18(13(11)3)22-10-17(20)19-15(5)16-7-6-8-21-16/h6-9,15H,10H2,1-5H3,(H,19,20). The van der Waals surface area contributed by atoms with Crippen molar-refractivity contribution in [2.24, 2.45) is 0 Å². The maximum atomic E-state index is 12.1. The average Bonchev–Trinajstić information content (AvgIpc) is 2.99. The lowest BCUT2D eigenvalue weighted by Gasteiger charge is -2.15. The van der Waals surface area contributed by atoms with Crippen molar-refractivity contribution < 1.29 is 9.21 Å². The van der Waals surface area contributed by atoms with Gasteiger partial charge in [0.25, 0.3) is 0 Å². The SMILES string of the molecule is Cc1cc(C)c(C)c(SCC(=O)NC(C)c2ccco2)c1C. The third kappa shape index (κ3) is 3.74. The fourth-order valence-corrected chi connectivity index (χ4v) is 3.54. The first-order chi connectivity index (χ1) is 10.4. The molecule has 1 amide bonds. The Morgan fingerprint density at radius 3 is 2.41 bits per heavy atom. The molecule has 0 bridgehead atoms. The van der Waals surface area contributed by atoms with E-state index in [0.29, 0.717) is 5.75 Å². The van der Waals surface area contributed by atoms with Gasteiger partial charge in [-0.25, -0.2) is 0 Å². The van der Waals surface area contributed by atoms with Crippen molar-refractivity contribution in [1.29, 1.82) is 0 Å². The summed E-state index contributed by atoms with van der Waals surface area (Å²) >= 11 is 1.61. The first kappa shape index (κ1) is 16.7. The number of aryl methyl sites for hydroxylation is 2. The first-order valence-corrected chi connectivity index (χ1v) is 8.41. The van der Waals surface area contributed by atoms with Crippen LogP contribution in [0.1, 0.15) is 41.0 Å². The third-order valence-electron chi connectivity index (χ3n) is 3.99. The second-order valence-corrected chi connectivity index (χ2v) is 6.67. The van der Waals surface area contributed by atoms with E-state index in [0.717, 1.165) is 5.76 Å². The summed E-state index contributed by atoms with van der Waals surface area (Å²) in [5, 5.41) is 2.97. The molecule has 4 heteroatoms. The zero-order valence-corrected chi connectivity index (χ0v) is 14.6. The van der Waals surface area contributed by atoms with Crippen molar-refractivity contribution in [3.05, 3.63) is 52.5 Å². The molecule has 0 aliphatic carbocycles. The van der Waals surface area contributed by atoms with Gasteiger partial charge in [0.05, 0.1) is 18.1 Å². The molecule has 22 heavy (non-hydrogen) atoms. The highest BCUT2D eigenvalue weighted by atomic mass is 32.2. The highest BCUT2D eigenvalue weighted by molar-refractivity contribution is 8.00. The Morgan fingerprint density at radius 2 is 1.86 bits per heavy atom. The van der Waals surface area contributed by atoms with Crippen LogP contribution in [0.3, 0.4) is 0 Å². The molecule has 1 atom stereocenters. The quantitative estimate of drug-likeness (QED) is 0.827. The van der Waals surface area contributed by atoms with E-state index in [1.54, 1.807) is 18.0 Å². The van der Waals surface area contributed by atoms with Crippen molar-refractivity contribution in [1.82, 2.24) is 5.32 Å². The number of carbonyl (C=O) groups excluding carboxylic acids is 1. The van der Waals surface area contributed by atoms with E-state index in [1.807, 2.05) is 19.1 Å². The van der Waals surface area contributed by atoms with Crippen molar-refractivity contribution in [3.63, 3.8) is 0 Å². The number of thioether (sulfide) groups is 1. The van der Waals surface area contributed by atoms with E-state index < -0.39 is 0 Å². The Kier molecular flexibility index (Phi) is 5.35. The van der Waals surface area contributed by atoms with Gasteiger partial charge in [-0.3, -0.25) is 4.79 Å². The number of furan rings is 1. The molecular formula is C18H23NO2S. The summed E-state index contributed by atoms with van der Waals surface area (Å²) in [6.07, 6.45) is 1.62. The Morgan fingerprint density at radius 1 is 1.23 bits per heavy atom. The van der Waals surface area contributed by atoms with Gasteiger partial charge in [0, 0.05) is 4.90 Å². The number of hydrogen-bond donors (Lipinski definition) is 1. The number of hydrogen-bond acceptors (Lipinski definition) is 3. The predicted octanol–water partition coefficient (Wildman–Crippen LogP) is 4.48. The second-order valence-electron chi connectivity index (χ2n) is 5.68. The van der Waals surface area contributed by atoms with Gasteiger partial charge in [-0.15, -0.1) is 11.8 Å². The minimum atomic E-state index is -0.107. The van der Waals surface area contributed by atoms with Crippen LogP contribution in [-0.2, 0) is 4.79 Å². The van der Waals surface area contributed by atoms with Crippen LogP contribution in [0.4, 0.5) is 0 Å². The summed E-state index contributed by atoms with van der Waals surface area (Å²) in [6.45, 7) is 10.4. The van der Waals surface area contributed by atoms with Crippen LogP contribution in [0.15, 0.2) is 33.8 Å². The molecule has 1 aromatic carbocycles. The molecule has 1 unspecified atom stereocenters. The van der Waals surface area contributed by atoms with Gasteiger partial charge in [-0.1, -0.05) is 6.07 Å². The van der Waals surface area contributed by atoms with Gasteiger partial charge >= 0.3 is 0 Å². The summed E-state index contributed by atoms with van der Waals surface area (Å²) in [6, 6.07) is 5.79. The second kappa shape index (κ2) is 7.05. The smallest absolute Gasteiger partial charge is 0.230 e. The Bertz CT molecular complexity index is 636. The van der Waals surface area contributed by atoms with E-state index in [4.69, 9.17) is 4.42 Å². The molecule has 118 valence electrons.